The van der Waals surface area contributed by atoms with Gasteiger partial charge in [0.05, 0.1) is 0 Å². The second-order valence-corrected chi connectivity index (χ2v) is 6.30. The van der Waals surface area contributed by atoms with E-state index in [9.17, 15) is 9.59 Å². The lowest BCUT2D eigenvalue weighted by atomic mass is 9.81. The molecule has 0 aromatic rings. The first kappa shape index (κ1) is 18.9. The summed E-state index contributed by atoms with van der Waals surface area (Å²) < 4.78 is 4.97. The molecule has 2 amide bonds. The smallest absolute Gasteiger partial charge is 0.225 e. The highest BCUT2D eigenvalue weighted by Crippen LogP contribution is 2.30. The molecule has 1 saturated carbocycles. The van der Waals surface area contributed by atoms with Crippen LogP contribution in [0.1, 0.15) is 51.9 Å². The molecular weight excluding hydrogens is 280 g/mol. The zero-order valence-electron chi connectivity index (χ0n) is 14.4. The molecule has 0 radical (unpaired) electrons. The Morgan fingerprint density at radius 1 is 1.14 bits per heavy atom. The van der Waals surface area contributed by atoms with Crippen LogP contribution in [0, 0.1) is 11.8 Å². The molecule has 5 nitrogen and oxygen atoms in total. The molecule has 0 atom stereocenters. The fourth-order valence-corrected chi connectivity index (χ4v) is 2.99. The Bertz CT molecular complexity index is 339. The molecule has 0 aliphatic heterocycles. The molecule has 1 fully saturated rings. The van der Waals surface area contributed by atoms with Gasteiger partial charge in [0.15, 0.2) is 0 Å². The topological polar surface area (TPSA) is 58.6 Å². The van der Waals surface area contributed by atoms with Crippen LogP contribution in [-0.2, 0) is 14.3 Å². The number of methoxy groups -OCH3 is 1. The molecule has 128 valence electrons. The van der Waals surface area contributed by atoms with Crippen LogP contribution >= 0.6 is 0 Å². The minimum atomic E-state index is 0.0764. The molecule has 1 aliphatic carbocycles. The Morgan fingerprint density at radius 3 is 2.36 bits per heavy atom. The first-order valence-electron chi connectivity index (χ1n) is 8.61. The van der Waals surface area contributed by atoms with E-state index in [0.29, 0.717) is 13.2 Å². The van der Waals surface area contributed by atoms with Crippen molar-refractivity contribution < 1.29 is 14.3 Å². The lowest BCUT2D eigenvalue weighted by Gasteiger charge is -2.30. The standard InChI is InChI=1S/C17H32N2O3/c1-4-5-12-19(2)17(21)15-9-7-14(8-10-15)16(20)18-11-6-13-22-3/h14-15H,4-13H2,1-3H3,(H,18,20). The van der Waals surface area contributed by atoms with Crippen LogP contribution in [0.2, 0.25) is 0 Å². The number of hydrogen-bond acceptors (Lipinski definition) is 3. The lowest BCUT2D eigenvalue weighted by Crippen LogP contribution is -2.38. The fourth-order valence-electron chi connectivity index (χ4n) is 2.99. The van der Waals surface area contributed by atoms with Crippen molar-refractivity contribution in [2.24, 2.45) is 11.8 Å². The number of unbranched alkanes of at least 4 members (excludes halogenated alkanes) is 1. The predicted molar refractivity (Wildman–Crippen MR) is 87.5 cm³/mol. The largest absolute Gasteiger partial charge is 0.385 e. The van der Waals surface area contributed by atoms with Crippen molar-refractivity contribution in [1.29, 1.82) is 0 Å². The van der Waals surface area contributed by atoms with Gasteiger partial charge in [0, 0.05) is 45.7 Å². The van der Waals surface area contributed by atoms with Crippen LogP contribution < -0.4 is 5.32 Å². The highest BCUT2D eigenvalue weighted by Gasteiger charge is 2.30. The lowest BCUT2D eigenvalue weighted by molar-refractivity contribution is -0.137. The van der Waals surface area contributed by atoms with Crippen molar-refractivity contribution >= 4 is 11.8 Å². The third kappa shape index (κ3) is 6.34. The third-order valence-corrected chi connectivity index (χ3v) is 4.49. The Labute approximate surface area is 134 Å². The van der Waals surface area contributed by atoms with Crippen LogP contribution in [0.15, 0.2) is 0 Å². The summed E-state index contributed by atoms with van der Waals surface area (Å²) in [5, 5.41) is 2.97. The number of ether oxygens (including phenoxy) is 1. The highest BCUT2D eigenvalue weighted by atomic mass is 16.5. The van der Waals surface area contributed by atoms with Gasteiger partial charge in [-0.1, -0.05) is 13.3 Å². The number of carbonyl (C=O) groups is 2. The SMILES string of the molecule is CCCCN(C)C(=O)C1CCC(C(=O)NCCCOC)CC1. The van der Waals surface area contributed by atoms with Gasteiger partial charge < -0.3 is 15.0 Å². The van der Waals surface area contributed by atoms with Gasteiger partial charge in [-0.15, -0.1) is 0 Å². The summed E-state index contributed by atoms with van der Waals surface area (Å²) in [6.45, 7) is 4.32. The second-order valence-electron chi connectivity index (χ2n) is 6.30. The van der Waals surface area contributed by atoms with E-state index in [1.807, 2.05) is 11.9 Å². The van der Waals surface area contributed by atoms with Gasteiger partial charge in [0.2, 0.25) is 11.8 Å². The average molecular weight is 312 g/mol. The number of hydrogen-bond donors (Lipinski definition) is 1. The summed E-state index contributed by atoms with van der Waals surface area (Å²) in [6.07, 6.45) is 6.34. The normalized spacial score (nSPS) is 21.4. The van der Waals surface area contributed by atoms with Gasteiger partial charge in [-0.05, 0) is 38.5 Å². The van der Waals surface area contributed by atoms with E-state index in [-0.39, 0.29) is 23.7 Å². The number of carbonyl (C=O) groups excluding carboxylic acids is 2. The molecule has 0 aromatic carbocycles. The Balaban J connectivity index is 2.27. The summed E-state index contributed by atoms with van der Waals surface area (Å²) in [7, 11) is 3.56. The van der Waals surface area contributed by atoms with Crippen LogP contribution in [0.25, 0.3) is 0 Å². The van der Waals surface area contributed by atoms with Crippen molar-refractivity contribution in [2.75, 3.05) is 33.9 Å². The summed E-state index contributed by atoms with van der Waals surface area (Å²) in [5.74, 6) is 0.584. The molecule has 0 spiro atoms. The number of amides is 2. The minimum absolute atomic E-state index is 0.0764. The first-order chi connectivity index (χ1) is 10.6. The molecule has 1 aliphatic rings. The molecule has 0 aromatic heterocycles. The molecule has 0 bridgehead atoms. The predicted octanol–water partition coefficient (Wildman–Crippen LogP) is 2.20. The maximum atomic E-state index is 12.3. The Morgan fingerprint density at radius 2 is 1.77 bits per heavy atom. The molecule has 1 rings (SSSR count). The van der Waals surface area contributed by atoms with Crippen molar-refractivity contribution in [3.63, 3.8) is 0 Å². The molecule has 0 unspecified atom stereocenters. The van der Waals surface area contributed by atoms with Crippen molar-refractivity contribution in [3.05, 3.63) is 0 Å². The number of nitrogens with one attached hydrogen (secondary N) is 1. The number of rotatable bonds is 9. The van der Waals surface area contributed by atoms with Gasteiger partial charge in [0.1, 0.15) is 0 Å². The summed E-state index contributed by atoms with van der Waals surface area (Å²) in [6, 6.07) is 0. The van der Waals surface area contributed by atoms with Gasteiger partial charge >= 0.3 is 0 Å². The van der Waals surface area contributed by atoms with E-state index in [2.05, 4.69) is 12.2 Å². The maximum Gasteiger partial charge on any atom is 0.225 e. The van der Waals surface area contributed by atoms with E-state index >= 15 is 0 Å². The zero-order valence-corrected chi connectivity index (χ0v) is 14.4. The average Bonchev–Trinajstić information content (AvgIpc) is 2.55. The van der Waals surface area contributed by atoms with E-state index in [1.54, 1.807) is 7.11 Å². The van der Waals surface area contributed by atoms with E-state index in [0.717, 1.165) is 51.5 Å². The minimum Gasteiger partial charge on any atom is -0.385 e. The monoisotopic (exact) mass is 312 g/mol. The molecule has 5 heteroatoms. The quantitative estimate of drug-likeness (QED) is 0.664. The summed E-state index contributed by atoms with van der Waals surface area (Å²) in [5.41, 5.74) is 0. The highest BCUT2D eigenvalue weighted by molar-refractivity contribution is 5.81. The van der Waals surface area contributed by atoms with Gasteiger partial charge in [-0.25, -0.2) is 0 Å². The van der Waals surface area contributed by atoms with Crippen LogP contribution in [0.4, 0.5) is 0 Å². The van der Waals surface area contributed by atoms with Crippen molar-refractivity contribution in [1.82, 2.24) is 10.2 Å². The Hall–Kier alpha value is -1.10. The molecule has 1 N–H and O–H groups in total. The van der Waals surface area contributed by atoms with Crippen LogP contribution in [-0.4, -0.2) is 50.6 Å². The second kappa shape index (κ2) is 10.6. The van der Waals surface area contributed by atoms with Crippen molar-refractivity contribution in [3.8, 4) is 0 Å². The van der Waals surface area contributed by atoms with E-state index in [4.69, 9.17) is 4.74 Å². The number of nitrogens with zero attached hydrogens (tertiary/aromatic N) is 1. The van der Waals surface area contributed by atoms with E-state index < -0.39 is 0 Å². The molecule has 22 heavy (non-hydrogen) atoms. The first-order valence-corrected chi connectivity index (χ1v) is 8.61. The molecule has 0 heterocycles. The van der Waals surface area contributed by atoms with Gasteiger partial charge in [-0.3, -0.25) is 9.59 Å². The fraction of sp³-hybridized carbons (Fsp3) is 0.882. The maximum absolute atomic E-state index is 12.3. The van der Waals surface area contributed by atoms with Gasteiger partial charge in [0.25, 0.3) is 0 Å². The summed E-state index contributed by atoms with van der Waals surface area (Å²) in [4.78, 5) is 26.3. The molecule has 0 saturated heterocycles. The Kier molecular flexibility index (Phi) is 9.13. The van der Waals surface area contributed by atoms with Crippen LogP contribution in [0.5, 0.6) is 0 Å². The summed E-state index contributed by atoms with van der Waals surface area (Å²) >= 11 is 0. The molecular formula is C17H32N2O3. The zero-order chi connectivity index (χ0) is 16.4. The van der Waals surface area contributed by atoms with Crippen LogP contribution in [0.3, 0.4) is 0 Å². The van der Waals surface area contributed by atoms with E-state index in [1.165, 1.54) is 0 Å². The van der Waals surface area contributed by atoms with Gasteiger partial charge in [-0.2, -0.15) is 0 Å². The third-order valence-electron chi connectivity index (χ3n) is 4.49. The van der Waals surface area contributed by atoms with Crippen molar-refractivity contribution in [2.45, 2.75) is 51.9 Å².